The van der Waals surface area contributed by atoms with Crippen LogP contribution in [-0.4, -0.2) is 5.75 Å². The van der Waals surface area contributed by atoms with Crippen molar-refractivity contribution in [1.29, 1.82) is 0 Å². The van der Waals surface area contributed by atoms with Crippen LogP contribution in [0.1, 0.15) is 19.3 Å². The molecule has 7 heavy (non-hydrogen) atoms. The normalized spacial score (nSPS) is 40.3. The molecule has 0 aromatic carbocycles. The van der Waals surface area contributed by atoms with Gasteiger partial charge in [0.05, 0.1) is 0 Å². The van der Waals surface area contributed by atoms with Crippen molar-refractivity contribution in [2.45, 2.75) is 19.3 Å². The highest BCUT2D eigenvalue weighted by atomic mass is 32.2. The Bertz CT molecular complexity index is 70.2. The number of rotatable bonds is 0. The van der Waals surface area contributed by atoms with Crippen molar-refractivity contribution in [3.8, 4) is 0 Å². The van der Waals surface area contributed by atoms with Crippen molar-refractivity contribution in [3.63, 3.8) is 0 Å². The standard InChI is InChI=1S/C6H9S/c1-2-5-4-7-6(5)3-1/h5H,1-4H2. The highest BCUT2D eigenvalue weighted by molar-refractivity contribution is 8.03. The lowest BCUT2D eigenvalue weighted by atomic mass is 10.1. The van der Waals surface area contributed by atoms with Gasteiger partial charge < -0.3 is 0 Å². The van der Waals surface area contributed by atoms with E-state index in [0.29, 0.717) is 0 Å². The summed E-state index contributed by atoms with van der Waals surface area (Å²) in [5.74, 6) is 2.51. The monoisotopic (exact) mass is 113 g/mol. The molecule has 2 fully saturated rings. The summed E-state index contributed by atoms with van der Waals surface area (Å²) in [7, 11) is 0. The summed E-state index contributed by atoms with van der Waals surface area (Å²) in [4.78, 5) is 0. The summed E-state index contributed by atoms with van der Waals surface area (Å²) in [5, 5.41) is 1.81. The minimum atomic E-state index is 1.07. The van der Waals surface area contributed by atoms with E-state index in [-0.39, 0.29) is 0 Å². The third kappa shape index (κ3) is 0.510. The summed E-state index contributed by atoms with van der Waals surface area (Å²) >= 11 is 2.09. The molecular weight excluding hydrogens is 104 g/mol. The number of fused-ring (bicyclic) bond motifs is 1. The first-order valence-corrected chi connectivity index (χ1v) is 3.94. The molecule has 0 aromatic heterocycles. The first-order valence-electron chi connectivity index (χ1n) is 2.95. The Morgan fingerprint density at radius 2 is 2.57 bits per heavy atom. The summed E-state index contributed by atoms with van der Waals surface area (Å²) in [6.45, 7) is 0. The second kappa shape index (κ2) is 1.41. The Hall–Kier alpha value is 0.350. The van der Waals surface area contributed by atoms with Crippen molar-refractivity contribution in [2.75, 3.05) is 5.75 Å². The maximum atomic E-state index is 2.09. The summed E-state index contributed by atoms with van der Waals surface area (Å²) < 4.78 is 0. The Kier molecular flexibility index (Phi) is 0.857. The van der Waals surface area contributed by atoms with Gasteiger partial charge in [0.25, 0.3) is 0 Å². The molecule has 0 amide bonds. The summed E-state index contributed by atoms with van der Waals surface area (Å²) in [6.07, 6.45) is 4.42. The van der Waals surface area contributed by atoms with E-state index in [1.165, 1.54) is 25.0 Å². The van der Waals surface area contributed by atoms with Crippen LogP contribution in [0.2, 0.25) is 0 Å². The van der Waals surface area contributed by atoms with Gasteiger partial charge in [0, 0.05) is 5.25 Å². The Labute approximate surface area is 48.7 Å². The number of hydrogen-bond donors (Lipinski definition) is 0. The molecule has 2 rings (SSSR count). The molecule has 1 aliphatic carbocycles. The van der Waals surface area contributed by atoms with Crippen LogP contribution >= 0.6 is 11.8 Å². The molecule has 1 unspecified atom stereocenters. The maximum Gasteiger partial charge on any atom is 0.0345 e. The van der Waals surface area contributed by atoms with Gasteiger partial charge in [-0.2, -0.15) is 11.8 Å². The average Bonchev–Trinajstić information content (AvgIpc) is 1.85. The molecule has 1 heterocycles. The van der Waals surface area contributed by atoms with Crippen LogP contribution in [0.25, 0.3) is 0 Å². The first-order chi connectivity index (χ1) is 3.47. The van der Waals surface area contributed by atoms with Crippen LogP contribution in [0.3, 0.4) is 0 Å². The molecule has 1 atom stereocenters. The molecule has 0 N–H and O–H groups in total. The smallest absolute Gasteiger partial charge is 0.0345 e. The van der Waals surface area contributed by atoms with Crippen LogP contribution in [-0.2, 0) is 0 Å². The van der Waals surface area contributed by atoms with Crippen LogP contribution in [0.15, 0.2) is 0 Å². The molecule has 0 spiro atoms. The second-order valence-electron chi connectivity index (χ2n) is 2.37. The van der Waals surface area contributed by atoms with Gasteiger partial charge in [-0.3, -0.25) is 0 Å². The molecule has 1 saturated carbocycles. The van der Waals surface area contributed by atoms with Gasteiger partial charge in [-0.25, -0.2) is 0 Å². The summed E-state index contributed by atoms with van der Waals surface area (Å²) in [6, 6.07) is 0. The zero-order valence-electron chi connectivity index (χ0n) is 4.31. The molecule has 1 heteroatoms. The van der Waals surface area contributed by atoms with E-state index in [9.17, 15) is 0 Å². The van der Waals surface area contributed by atoms with E-state index < -0.39 is 0 Å². The van der Waals surface area contributed by atoms with Crippen molar-refractivity contribution in [3.05, 3.63) is 5.25 Å². The van der Waals surface area contributed by atoms with Gasteiger partial charge in [0.2, 0.25) is 0 Å². The van der Waals surface area contributed by atoms with E-state index >= 15 is 0 Å². The number of hydrogen-bond acceptors (Lipinski definition) is 1. The van der Waals surface area contributed by atoms with Crippen molar-refractivity contribution >= 4 is 11.8 Å². The van der Waals surface area contributed by atoms with Gasteiger partial charge in [0.15, 0.2) is 0 Å². The Balaban J connectivity index is 2.03. The molecule has 39 valence electrons. The molecule has 0 bridgehead atoms. The predicted molar refractivity (Wildman–Crippen MR) is 33.0 cm³/mol. The topological polar surface area (TPSA) is 0 Å². The van der Waals surface area contributed by atoms with Crippen molar-refractivity contribution in [2.24, 2.45) is 5.92 Å². The zero-order chi connectivity index (χ0) is 4.69. The van der Waals surface area contributed by atoms with Gasteiger partial charge in [-0.1, -0.05) is 6.42 Å². The zero-order valence-corrected chi connectivity index (χ0v) is 5.13. The van der Waals surface area contributed by atoms with Crippen LogP contribution in [0.5, 0.6) is 0 Å². The fraction of sp³-hybridized carbons (Fsp3) is 0.833. The molecule has 1 aliphatic heterocycles. The minimum absolute atomic E-state index is 1.07. The molecular formula is C6H9S. The van der Waals surface area contributed by atoms with E-state index in [1.807, 2.05) is 0 Å². The molecule has 0 nitrogen and oxygen atoms in total. The average molecular weight is 113 g/mol. The van der Waals surface area contributed by atoms with Gasteiger partial charge in [0.1, 0.15) is 0 Å². The molecule has 1 radical (unpaired) electrons. The lowest BCUT2D eigenvalue weighted by Gasteiger charge is -2.27. The van der Waals surface area contributed by atoms with Gasteiger partial charge >= 0.3 is 0 Å². The number of thioether (sulfide) groups is 1. The van der Waals surface area contributed by atoms with E-state index in [4.69, 9.17) is 0 Å². The highest BCUT2D eigenvalue weighted by Crippen LogP contribution is 2.52. The van der Waals surface area contributed by atoms with Crippen LogP contribution in [0, 0.1) is 11.2 Å². The third-order valence-corrected chi connectivity index (χ3v) is 3.38. The SMILES string of the molecule is C1C[C]2SCC2C1. The first kappa shape index (κ1) is 4.25. The van der Waals surface area contributed by atoms with Gasteiger partial charge in [-0.05, 0) is 24.5 Å². The van der Waals surface area contributed by atoms with E-state index in [1.54, 1.807) is 5.25 Å². The van der Waals surface area contributed by atoms with Gasteiger partial charge in [-0.15, -0.1) is 0 Å². The lowest BCUT2D eigenvalue weighted by molar-refractivity contribution is 0.668. The van der Waals surface area contributed by atoms with Crippen LogP contribution < -0.4 is 0 Å². The molecule has 0 aromatic rings. The Morgan fingerprint density at radius 3 is 2.86 bits per heavy atom. The third-order valence-electron chi connectivity index (χ3n) is 1.90. The minimum Gasteiger partial charge on any atom is -0.153 e. The largest absolute Gasteiger partial charge is 0.153 e. The second-order valence-corrected chi connectivity index (χ2v) is 3.51. The van der Waals surface area contributed by atoms with Crippen molar-refractivity contribution in [1.82, 2.24) is 0 Å². The van der Waals surface area contributed by atoms with E-state index in [0.717, 1.165) is 5.92 Å². The highest BCUT2D eigenvalue weighted by Gasteiger charge is 2.35. The maximum absolute atomic E-state index is 2.09. The molecule has 1 saturated heterocycles. The Morgan fingerprint density at radius 1 is 1.57 bits per heavy atom. The summed E-state index contributed by atoms with van der Waals surface area (Å²) in [5.41, 5.74) is 0. The van der Waals surface area contributed by atoms with Crippen molar-refractivity contribution < 1.29 is 0 Å². The van der Waals surface area contributed by atoms with E-state index in [2.05, 4.69) is 11.8 Å². The quantitative estimate of drug-likeness (QED) is 0.463. The lowest BCUT2D eigenvalue weighted by Crippen LogP contribution is -2.16. The molecule has 2 aliphatic rings. The predicted octanol–water partition coefficient (Wildman–Crippen LogP) is 2.07. The fourth-order valence-corrected chi connectivity index (χ4v) is 2.57. The van der Waals surface area contributed by atoms with Crippen LogP contribution in [0.4, 0.5) is 0 Å². The fourth-order valence-electron chi connectivity index (χ4n) is 1.36.